The summed E-state index contributed by atoms with van der Waals surface area (Å²) < 4.78 is 2.10. The minimum absolute atomic E-state index is 0.715. The average molecular weight is 228 g/mol. The van der Waals surface area contributed by atoms with E-state index >= 15 is 0 Å². The number of hydrogen-bond acceptors (Lipinski definition) is 3. The van der Waals surface area contributed by atoms with Crippen LogP contribution in [0.4, 0.5) is 0 Å². The average Bonchev–Trinajstić information content (AvgIpc) is 3.09. The second-order valence-electron chi connectivity index (χ2n) is 4.50. The van der Waals surface area contributed by atoms with Crippen molar-refractivity contribution in [3.8, 4) is 5.69 Å². The molecule has 1 N–H and O–H groups in total. The molecule has 2 heterocycles. The molecule has 0 atom stereocenters. The van der Waals surface area contributed by atoms with Gasteiger partial charge in [-0.25, -0.2) is 4.98 Å². The summed E-state index contributed by atoms with van der Waals surface area (Å²) in [5, 5.41) is 3.52. The third kappa shape index (κ3) is 2.22. The first kappa shape index (κ1) is 10.5. The molecule has 0 radical (unpaired) electrons. The Morgan fingerprint density at radius 2 is 2.29 bits per heavy atom. The largest absolute Gasteiger partial charge is 0.310 e. The molecule has 1 aliphatic carbocycles. The highest BCUT2D eigenvalue weighted by molar-refractivity contribution is 5.39. The van der Waals surface area contributed by atoms with Gasteiger partial charge < -0.3 is 9.88 Å². The van der Waals surface area contributed by atoms with E-state index in [0.29, 0.717) is 6.04 Å². The third-order valence-electron chi connectivity index (χ3n) is 3.12. The molecular formula is C13H16N4. The van der Waals surface area contributed by atoms with Gasteiger partial charge >= 0.3 is 0 Å². The Bertz CT molecular complexity index is 514. The van der Waals surface area contributed by atoms with Gasteiger partial charge in [0.1, 0.15) is 5.82 Å². The fourth-order valence-electron chi connectivity index (χ4n) is 1.97. The lowest BCUT2D eigenvalue weighted by atomic mass is 10.2. The molecule has 0 spiro atoms. The zero-order valence-electron chi connectivity index (χ0n) is 9.93. The van der Waals surface area contributed by atoms with Gasteiger partial charge in [-0.2, -0.15) is 0 Å². The van der Waals surface area contributed by atoms with Gasteiger partial charge in [0.15, 0.2) is 0 Å². The van der Waals surface area contributed by atoms with Gasteiger partial charge in [-0.3, -0.25) is 4.98 Å². The van der Waals surface area contributed by atoms with E-state index in [1.54, 1.807) is 0 Å². The SMILES string of the molecule is Cc1nccn1-c1ccncc1CNC1CC1. The summed E-state index contributed by atoms with van der Waals surface area (Å²) in [6.07, 6.45) is 10.2. The van der Waals surface area contributed by atoms with Crippen molar-refractivity contribution in [2.45, 2.75) is 32.4 Å². The molecule has 0 aliphatic heterocycles. The van der Waals surface area contributed by atoms with Crippen molar-refractivity contribution in [3.63, 3.8) is 0 Å². The number of nitrogens with one attached hydrogen (secondary N) is 1. The fraction of sp³-hybridized carbons (Fsp3) is 0.385. The van der Waals surface area contributed by atoms with Gasteiger partial charge in [0.25, 0.3) is 0 Å². The first-order valence-electron chi connectivity index (χ1n) is 6.01. The first-order valence-corrected chi connectivity index (χ1v) is 6.01. The van der Waals surface area contributed by atoms with Gasteiger partial charge in [0.05, 0.1) is 5.69 Å². The van der Waals surface area contributed by atoms with Crippen LogP contribution in [0.3, 0.4) is 0 Å². The molecule has 0 unspecified atom stereocenters. The zero-order chi connectivity index (χ0) is 11.7. The van der Waals surface area contributed by atoms with Gasteiger partial charge in [-0.1, -0.05) is 0 Å². The van der Waals surface area contributed by atoms with Crippen molar-refractivity contribution in [1.29, 1.82) is 0 Å². The zero-order valence-corrected chi connectivity index (χ0v) is 9.93. The number of rotatable bonds is 4. The molecular weight excluding hydrogens is 212 g/mol. The molecule has 4 heteroatoms. The van der Waals surface area contributed by atoms with Crippen LogP contribution in [0.5, 0.6) is 0 Å². The second kappa shape index (κ2) is 4.30. The summed E-state index contributed by atoms with van der Waals surface area (Å²) in [5.41, 5.74) is 2.39. The highest BCUT2D eigenvalue weighted by Crippen LogP contribution is 2.21. The number of aryl methyl sites for hydroxylation is 1. The first-order chi connectivity index (χ1) is 8.34. The van der Waals surface area contributed by atoms with Gasteiger partial charge in [0.2, 0.25) is 0 Å². The van der Waals surface area contributed by atoms with E-state index in [1.807, 2.05) is 37.8 Å². The Labute approximate surface area is 101 Å². The van der Waals surface area contributed by atoms with Gasteiger partial charge in [0, 0.05) is 42.9 Å². The molecule has 3 rings (SSSR count). The topological polar surface area (TPSA) is 42.7 Å². The van der Waals surface area contributed by atoms with E-state index in [9.17, 15) is 0 Å². The fourth-order valence-corrected chi connectivity index (χ4v) is 1.97. The maximum Gasteiger partial charge on any atom is 0.110 e. The Morgan fingerprint density at radius 3 is 3.00 bits per heavy atom. The summed E-state index contributed by atoms with van der Waals surface area (Å²) in [7, 11) is 0. The Hall–Kier alpha value is -1.68. The van der Waals surface area contributed by atoms with Crippen LogP contribution in [-0.2, 0) is 6.54 Å². The Morgan fingerprint density at radius 1 is 1.41 bits per heavy atom. The van der Waals surface area contributed by atoms with Crippen LogP contribution < -0.4 is 5.32 Å². The quantitative estimate of drug-likeness (QED) is 0.868. The van der Waals surface area contributed by atoms with Crippen LogP contribution in [0.15, 0.2) is 30.9 Å². The van der Waals surface area contributed by atoms with E-state index in [2.05, 4.69) is 19.9 Å². The summed E-state index contributed by atoms with van der Waals surface area (Å²) in [4.78, 5) is 8.47. The molecule has 2 aromatic heterocycles. The highest BCUT2D eigenvalue weighted by atomic mass is 15.1. The lowest BCUT2D eigenvalue weighted by Gasteiger charge is -2.11. The van der Waals surface area contributed by atoms with E-state index in [-0.39, 0.29) is 0 Å². The second-order valence-corrected chi connectivity index (χ2v) is 4.50. The molecule has 4 nitrogen and oxygen atoms in total. The predicted molar refractivity (Wildman–Crippen MR) is 66.0 cm³/mol. The van der Waals surface area contributed by atoms with Crippen molar-refractivity contribution in [3.05, 3.63) is 42.2 Å². The lowest BCUT2D eigenvalue weighted by molar-refractivity contribution is 0.682. The Balaban J connectivity index is 1.89. The Kier molecular flexibility index (Phi) is 2.65. The van der Waals surface area contributed by atoms with Crippen LogP contribution >= 0.6 is 0 Å². The van der Waals surface area contributed by atoms with Crippen molar-refractivity contribution >= 4 is 0 Å². The van der Waals surface area contributed by atoms with E-state index < -0.39 is 0 Å². The third-order valence-corrected chi connectivity index (χ3v) is 3.12. The number of hydrogen-bond donors (Lipinski definition) is 1. The number of pyridine rings is 1. The predicted octanol–water partition coefficient (Wildman–Crippen LogP) is 1.83. The number of imidazole rings is 1. The van der Waals surface area contributed by atoms with E-state index in [1.165, 1.54) is 24.1 Å². The molecule has 0 bridgehead atoms. The lowest BCUT2D eigenvalue weighted by Crippen LogP contribution is -2.17. The minimum atomic E-state index is 0.715. The van der Waals surface area contributed by atoms with Crippen molar-refractivity contribution in [2.75, 3.05) is 0 Å². The van der Waals surface area contributed by atoms with Crippen LogP contribution in [0, 0.1) is 6.92 Å². The maximum atomic E-state index is 4.26. The van der Waals surface area contributed by atoms with E-state index in [0.717, 1.165) is 12.4 Å². The highest BCUT2D eigenvalue weighted by Gasteiger charge is 2.20. The smallest absolute Gasteiger partial charge is 0.110 e. The van der Waals surface area contributed by atoms with Gasteiger partial charge in [-0.05, 0) is 25.8 Å². The minimum Gasteiger partial charge on any atom is -0.310 e. The molecule has 1 saturated carbocycles. The standard InChI is InChI=1S/C13H16N4/c1-10-15-6-7-17(10)13-4-5-14-8-11(13)9-16-12-2-3-12/h4-8,12,16H,2-3,9H2,1H3. The molecule has 0 saturated heterocycles. The molecule has 0 aromatic carbocycles. The summed E-state index contributed by atoms with van der Waals surface area (Å²) in [6, 6.07) is 2.76. The van der Waals surface area contributed by atoms with Crippen LogP contribution in [0.2, 0.25) is 0 Å². The molecule has 1 fully saturated rings. The summed E-state index contributed by atoms with van der Waals surface area (Å²) in [6.45, 7) is 2.89. The number of nitrogens with zero attached hydrogens (tertiary/aromatic N) is 3. The maximum absolute atomic E-state index is 4.26. The molecule has 0 amide bonds. The normalized spacial score (nSPS) is 15.1. The van der Waals surface area contributed by atoms with E-state index in [4.69, 9.17) is 0 Å². The van der Waals surface area contributed by atoms with Crippen LogP contribution in [-0.4, -0.2) is 20.6 Å². The summed E-state index contributed by atoms with van der Waals surface area (Å²) in [5.74, 6) is 1.00. The number of aromatic nitrogens is 3. The molecule has 88 valence electrons. The van der Waals surface area contributed by atoms with Crippen molar-refractivity contribution in [1.82, 2.24) is 19.9 Å². The molecule has 1 aliphatic rings. The molecule has 17 heavy (non-hydrogen) atoms. The monoisotopic (exact) mass is 228 g/mol. The van der Waals surface area contributed by atoms with Crippen LogP contribution in [0.1, 0.15) is 24.2 Å². The van der Waals surface area contributed by atoms with Gasteiger partial charge in [-0.15, -0.1) is 0 Å². The van der Waals surface area contributed by atoms with Crippen molar-refractivity contribution in [2.24, 2.45) is 0 Å². The summed E-state index contributed by atoms with van der Waals surface area (Å²) >= 11 is 0. The van der Waals surface area contributed by atoms with Crippen molar-refractivity contribution < 1.29 is 0 Å². The van der Waals surface area contributed by atoms with Crippen LogP contribution in [0.25, 0.3) is 5.69 Å². The molecule has 2 aromatic rings.